The molecule has 2 heterocycles. The first kappa shape index (κ1) is 31.9. The molecule has 1 saturated heterocycles. The molecule has 234 valence electrons. The van der Waals surface area contributed by atoms with Crippen LogP contribution in [0.5, 0.6) is 23.0 Å². The molecule has 1 aromatic heterocycles. The molecular formula is C30H30F2N2O10. The second-order valence-corrected chi connectivity index (χ2v) is 9.44. The summed E-state index contributed by atoms with van der Waals surface area (Å²) in [5.74, 6) is -2.68. The highest BCUT2D eigenvalue weighted by Gasteiger charge is 2.38. The van der Waals surface area contributed by atoms with Crippen molar-refractivity contribution in [2.45, 2.75) is 38.2 Å². The Morgan fingerprint density at radius 1 is 0.977 bits per heavy atom. The van der Waals surface area contributed by atoms with Gasteiger partial charge in [0.05, 0.1) is 20.3 Å². The summed E-state index contributed by atoms with van der Waals surface area (Å²) >= 11 is 0. The standard InChI is InChI=1S/C30H30F2N2O10/c1-17-27(44-22-10-6-20(32)7-11-22)25(43-21-8-4-19(31)5-9-21)15-39-14-23(30(37)42-17)34-29(36)26-28(41-16-40-18(2)35)24(38-3)12-13-33-26/h4-13,17,23,25,27H,14-16H2,1-3H3,(H,34,36)/t17-,23-,25-,27-/m0/s1. The summed E-state index contributed by atoms with van der Waals surface area (Å²) < 4.78 is 66.1. The van der Waals surface area contributed by atoms with E-state index in [9.17, 15) is 23.2 Å². The van der Waals surface area contributed by atoms with Crippen LogP contribution < -0.4 is 24.3 Å². The quantitative estimate of drug-likeness (QED) is 0.265. The minimum Gasteiger partial charge on any atom is -0.493 e. The number of nitrogens with zero attached hydrogens (tertiary/aromatic N) is 1. The molecule has 4 atom stereocenters. The number of hydrogen-bond donors (Lipinski definition) is 1. The number of carbonyl (C=O) groups excluding carboxylic acids is 3. The van der Waals surface area contributed by atoms with E-state index in [-0.39, 0.29) is 36.2 Å². The number of amides is 1. The van der Waals surface area contributed by atoms with E-state index in [2.05, 4.69) is 10.3 Å². The third-order valence-corrected chi connectivity index (χ3v) is 6.24. The fourth-order valence-corrected chi connectivity index (χ4v) is 4.12. The largest absolute Gasteiger partial charge is 0.493 e. The van der Waals surface area contributed by atoms with Crippen LogP contribution in [0.3, 0.4) is 0 Å². The van der Waals surface area contributed by atoms with Gasteiger partial charge in [0.1, 0.15) is 29.2 Å². The summed E-state index contributed by atoms with van der Waals surface area (Å²) in [6.07, 6.45) is -1.56. The average Bonchev–Trinajstić information content (AvgIpc) is 3.04. The molecule has 0 radical (unpaired) electrons. The van der Waals surface area contributed by atoms with Crippen LogP contribution in [0.2, 0.25) is 0 Å². The molecule has 1 fully saturated rings. The minimum absolute atomic E-state index is 0.125. The zero-order valence-electron chi connectivity index (χ0n) is 24.0. The van der Waals surface area contributed by atoms with Gasteiger partial charge in [-0.3, -0.25) is 9.59 Å². The first-order chi connectivity index (χ1) is 21.1. The van der Waals surface area contributed by atoms with E-state index in [0.717, 1.165) is 0 Å². The van der Waals surface area contributed by atoms with Gasteiger partial charge in [0, 0.05) is 19.2 Å². The molecule has 1 amide bonds. The molecule has 1 N–H and O–H groups in total. The molecule has 0 spiro atoms. The fraction of sp³-hybridized carbons (Fsp3) is 0.333. The van der Waals surface area contributed by atoms with Crippen molar-refractivity contribution < 1.29 is 56.3 Å². The Balaban J connectivity index is 1.55. The maximum Gasteiger partial charge on any atom is 0.331 e. The number of benzene rings is 2. The maximum atomic E-state index is 13.5. The Kier molecular flexibility index (Phi) is 10.9. The summed E-state index contributed by atoms with van der Waals surface area (Å²) in [7, 11) is 1.34. The van der Waals surface area contributed by atoms with Crippen molar-refractivity contribution in [3.8, 4) is 23.0 Å². The number of nitrogens with one attached hydrogen (secondary N) is 1. The van der Waals surface area contributed by atoms with Crippen molar-refractivity contribution in [2.75, 3.05) is 27.1 Å². The number of esters is 2. The molecule has 1 aliphatic heterocycles. The van der Waals surface area contributed by atoms with E-state index in [4.69, 9.17) is 33.2 Å². The number of cyclic esters (lactones) is 1. The van der Waals surface area contributed by atoms with Crippen LogP contribution in [-0.4, -0.2) is 74.3 Å². The van der Waals surface area contributed by atoms with E-state index in [1.807, 2.05) is 0 Å². The maximum absolute atomic E-state index is 13.5. The van der Waals surface area contributed by atoms with Crippen LogP contribution in [0, 0.1) is 11.6 Å². The predicted molar refractivity (Wildman–Crippen MR) is 147 cm³/mol. The third kappa shape index (κ3) is 8.53. The second-order valence-electron chi connectivity index (χ2n) is 9.44. The summed E-state index contributed by atoms with van der Waals surface area (Å²) in [6.45, 7) is 1.74. The van der Waals surface area contributed by atoms with Crippen LogP contribution in [0.25, 0.3) is 0 Å². The highest BCUT2D eigenvalue weighted by atomic mass is 19.1. The Labute approximate surface area is 251 Å². The normalized spacial score (nSPS) is 20.2. The molecule has 0 aliphatic carbocycles. The van der Waals surface area contributed by atoms with Gasteiger partial charge in [-0.2, -0.15) is 0 Å². The zero-order valence-corrected chi connectivity index (χ0v) is 24.0. The average molecular weight is 617 g/mol. The summed E-state index contributed by atoms with van der Waals surface area (Å²) in [5, 5.41) is 2.52. The van der Waals surface area contributed by atoms with E-state index >= 15 is 0 Å². The molecule has 0 bridgehead atoms. The van der Waals surface area contributed by atoms with Crippen molar-refractivity contribution in [3.05, 3.63) is 78.1 Å². The van der Waals surface area contributed by atoms with Crippen molar-refractivity contribution in [3.63, 3.8) is 0 Å². The van der Waals surface area contributed by atoms with E-state index in [1.54, 1.807) is 6.92 Å². The van der Waals surface area contributed by atoms with Crippen LogP contribution in [0.1, 0.15) is 24.3 Å². The SMILES string of the molecule is COc1ccnc(C(=O)N[C@H]2COC[C@H](Oc3ccc(F)cc3)[C@@H](Oc3ccc(F)cc3)[C@H](C)OC2=O)c1OCOC(C)=O. The predicted octanol–water partition coefficient (Wildman–Crippen LogP) is 3.22. The minimum atomic E-state index is -1.31. The monoisotopic (exact) mass is 616 g/mol. The van der Waals surface area contributed by atoms with Crippen molar-refractivity contribution in [1.82, 2.24) is 10.3 Å². The van der Waals surface area contributed by atoms with E-state index in [1.165, 1.54) is 74.8 Å². The van der Waals surface area contributed by atoms with Crippen LogP contribution >= 0.6 is 0 Å². The number of aromatic nitrogens is 1. The smallest absolute Gasteiger partial charge is 0.331 e. The topological polar surface area (TPSA) is 141 Å². The number of halogens is 2. The summed E-state index contributed by atoms with van der Waals surface area (Å²) in [5.41, 5.74) is -0.257. The third-order valence-electron chi connectivity index (χ3n) is 6.24. The van der Waals surface area contributed by atoms with Gasteiger partial charge < -0.3 is 38.5 Å². The lowest BCUT2D eigenvalue weighted by molar-refractivity contribution is -0.156. The molecule has 12 nitrogen and oxygen atoms in total. The van der Waals surface area contributed by atoms with Gasteiger partial charge in [-0.15, -0.1) is 0 Å². The van der Waals surface area contributed by atoms with Gasteiger partial charge in [-0.05, 0) is 55.5 Å². The van der Waals surface area contributed by atoms with Gasteiger partial charge in [0.25, 0.3) is 5.91 Å². The van der Waals surface area contributed by atoms with Gasteiger partial charge in [-0.1, -0.05) is 0 Å². The van der Waals surface area contributed by atoms with Gasteiger partial charge >= 0.3 is 11.9 Å². The van der Waals surface area contributed by atoms with Gasteiger partial charge in [0.15, 0.2) is 35.4 Å². The highest BCUT2D eigenvalue weighted by molar-refractivity contribution is 5.98. The number of pyridine rings is 1. The fourth-order valence-electron chi connectivity index (χ4n) is 4.12. The Morgan fingerprint density at radius 3 is 2.23 bits per heavy atom. The first-order valence-electron chi connectivity index (χ1n) is 13.4. The van der Waals surface area contributed by atoms with Crippen LogP contribution in [-0.2, 0) is 23.8 Å². The lowest BCUT2D eigenvalue weighted by Gasteiger charge is -2.31. The number of hydrogen-bond acceptors (Lipinski definition) is 11. The molecule has 14 heteroatoms. The van der Waals surface area contributed by atoms with Crippen LogP contribution in [0.15, 0.2) is 60.8 Å². The number of ether oxygens (including phenoxy) is 7. The molecule has 0 saturated carbocycles. The Bertz CT molecular complexity index is 1440. The lowest BCUT2D eigenvalue weighted by atomic mass is 10.1. The lowest BCUT2D eigenvalue weighted by Crippen LogP contribution is -2.48. The van der Waals surface area contributed by atoms with Gasteiger partial charge in [-0.25, -0.2) is 18.6 Å². The molecule has 2 aromatic carbocycles. The molecular weight excluding hydrogens is 586 g/mol. The van der Waals surface area contributed by atoms with Crippen molar-refractivity contribution in [1.29, 1.82) is 0 Å². The number of rotatable bonds is 10. The van der Waals surface area contributed by atoms with E-state index < -0.39 is 60.6 Å². The zero-order chi connectivity index (χ0) is 31.6. The Hall–Kier alpha value is -4.98. The Morgan fingerprint density at radius 2 is 1.61 bits per heavy atom. The summed E-state index contributed by atoms with van der Waals surface area (Å²) in [6, 6.07) is 10.6. The summed E-state index contributed by atoms with van der Waals surface area (Å²) in [4.78, 5) is 41.7. The molecule has 3 aromatic rings. The molecule has 4 rings (SSSR count). The molecule has 1 aliphatic rings. The highest BCUT2D eigenvalue weighted by Crippen LogP contribution is 2.30. The molecule has 0 unspecified atom stereocenters. The second kappa shape index (κ2) is 15.0. The van der Waals surface area contributed by atoms with Crippen molar-refractivity contribution >= 4 is 17.8 Å². The number of methoxy groups -OCH3 is 1. The van der Waals surface area contributed by atoms with E-state index in [0.29, 0.717) is 5.75 Å². The van der Waals surface area contributed by atoms with Crippen LogP contribution in [0.4, 0.5) is 8.78 Å². The number of carbonyl (C=O) groups is 3. The molecule has 44 heavy (non-hydrogen) atoms. The van der Waals surface area contributed by atoms with Gasteiger partial charge in [0.2, 0.25) is 6.79 Å². The first-order valence-corrected chi connectivity index (χ1v) is 13.4. The van der Waals surface area contributed by atoms with Crippen molar-refractivity contribution in [2.24, 2.45) is 0 Å².